The summed E-state index contributed by atoms with van der Waals surface area (Å²) in [6.07, 6.45) is -4.75. The van der Waals surface area contributed by atoms with Crippen LogP contribution in [0, 0.1) is 5.82 Å². The van der Waals surface area contributed by atoms with Crippen LogP contribution < -0.4 is 10.1 Å². The Bertz CT molecular complexity index is 387. The number of nitrogens with one attached hydrogen (secondary N) is 1. The van der Waals surface area contributed by atoms with Gasteiger partial charge in [0.1, 0.15) is 17.7 Å². The largest absolute Gasteiger partial charge is 0.488 e. The van der Waals surface area contributed by atoms with Gasteiger partial charge in [-0.05, 0) is 12.1 Å². The van der Waals surface area contributed by atoms with Crippen LogP contribution in [0.4, 0.5) is 17.6 Å². The first-order valence-electron chi connectivity index (χ1n) is 4.71. The van der Waals surface area contributed by atoms with Gasteiger partial charge in [-0.1, -0.05) is 0 Å². The van der Waals surface area contributed by atoms with Crippen molar-refractivity contribution in [1.29, 1.82) is 0 Å². The van der Waals surface area contributed by atoms with Crippen LogP contribution >= 0.6 is 0 Å². The summed E-state index contributed by atoms with van der Waals surface area (Å²) in [5.74, 6) is -1.19. The topological polar surface area (TPSA) is 21.3 Å². The maximum absolute atomic E-state index is 13.1. The highest BCUT2D eigenvalue weighted by molar-refractivity contribution is 5.30. The van der Waals surface area contributed by atoms with Gasteiger partial charge in [0.15, 0.2) is 0 Å². The van der Waals surface area contributed by atoms with Gasteiger partial charge in [-0.3, -0.25) is 0 Å². The highest BCUT2D eigenvalue weighted by Crippen LogP contribution is 2.33. The van der Waals surface area contributed by atoms with Crippen molar-refractivity contribution in [3.8, 4) is 5.75 Å². The molecule has 0 aromatic heterocycles. The summed E-state index contributed by atoms with van der Waals surface area (Å²) < 4.78 is 55.0. The molecule has 0 aliphatic carbocycles. The fraction of sp³-hybridized carbons (Fsp3) is 0.400. The van der Waals surface area contributed by atoms with E-state index in [1.54, 1.807) is 0 Å². The van der Waals surface area contributed by atoms with Crippen LogP contribution in [-0.2, 0) is 6.18 Å². The summed E-state index contributed by atoms with van der Waals surface area (Å²) in [5, 5.41) is 2.93. The van der Waals surface area contributed by atoms with Crippen LogP contribution in [0.1, 0.15) is 5.56 Å². The Morgan fingerprint density at radius 2 is 1.94 bits per heavy atom. The average Bonchev–Trinajstić information content (AvgIpc) is 2.09. The van der Waals surface area contributed by atoms with Crippen LogP contribution in [0.5, 0.6) is 5.75 Å². The van der Waals surface area contributed by atoms with Gasteiger partial charge in [-0.2, -0.15) is 13.2 Å². The molecule has 88 valence electrons. The molecule has 0 amide bonds. The van der Waals surface area contributed by atoms with Gasteiger partial charge < -0.3 is 10.1 Å². The van der Waals surface area contributed by atoms with Gasteiger partial charge in [0.25, 0.3) is 0 Å². The second-order valence-corrected chi connectivity index (χ2v) is 3.54. The summed E-state index contributed by atoms with van der Waals surface area (Å²) in [4.78, 5) is 0. The second kappa shape index (κ2) is 3.93. The first kappa shape index (κ1) is 11.2. The molecule has 0 unspecified atom stereocenters. The third-order valence-electron chi connectivity index (χ3n) is 2.29. The molecule has 1 aromatic rings. The van der Waals surface area contributed by atoms with Crippen molar-refractivity contribution in [1.82, 2.24) is 5.32 Å². The fourth-order valence-corrected chi connectivity index (χ4v) is 1.34. The molecule has 1 aliphatic rings. The van der Waals surface area contributed by atoms with Gasteiger partial charge in [-0.15, -0.1) is 0 Å². The zero-order valence-corrected chi connectivity index (χ0v) is 8.14. The molecule has 2 nitrogen and oxygen atoms in total. The minimum atomic E-state index is -4.67. The third-order valence-corrected chi connectivity index (χ3v) is 2.29. The Morgan fingerprint density at radius 1 is 1.25 bits per heavy atom. The molecular formula is C10H9F4NO. The van der Waals surface area contributed by atoms with Crippen LogP contribution in [0.15, 0.2) is 18.2 Å². The Labute approximate surface area is 89.2 Å². The molecule has 1 aliphatic heterocycles. The predicted molar refractivity (Wildman–Crippen MR) is 48.7 cm³/mol. The predicted octanol–water partition coefficient (Wildman–Crippen LogP) is 2.20. The van der Waals surface area contributed by atoms with Crippen molar-refractivity contribution in [3.05, 3.63) is 29.6 Å². The number of halogens is 4. The maximum atomic E-state index is 13.1. The number of alkyl halides is 3. The van der Waals surface area contributed by atoms with Crippen molar-refractivity contribution in [2.75, 3.05) is 13.1 Å². The Hall–Kier alpha value is -1.30. The lowest BCUT2D eigenvalue weighted by atomic mass is 10.2. The SMILES string of the molecule is Fc1cc(OC2CNC2)ccc1C(F)(F)F. The lowest BCUT2D eigenvalue weighted by Gasteiger charge is -2.27. The molecule has 1 heterocycles. The molecule has 0 saturated carbocycles. The number of benzene rings is 1. The van der Waals surface area contributed by atoms with E-state index in [2.05, 4.69) is 5.32 Å². The molecule has 0 radical (unpaired) electrons. The summed E-state index contributed by atoms with van der Waals surface area (Å²) in [6, 6.07) is 2.59. The molecule has 16 heavy (non-hydrogen) atoms. The normalized spacial score (nSPS) is 17.0. The maximum Gasteiger partial charge on any atom is 0.419 e. The van der Waals surface area contributed by atoms with Gasteiger partial charge in [-0.25, -0.2) is 4.39 Å². The Morgan fingerprint density at radius 3 is 2.38 bits per heavy atom. The molecule has 0 bridgehead atoms. The lowest BCUT2D eigenvalue weighted by molar-refractivity contribution is -0.140. The van der Waals surface area contributed by atoms with Crippen molar-refractivity contribution in [3.63, 3.8) is 0 Å². The molecule has 0 atom stereocenters. The zero-order chi connectivity index (χ0) is 11.8. The summed E-state index contributed by atoms with van der Waals surface area (Å²) in [5.41, 5.74) is -1.27. The third kappa shape index (κ3) is 2.27. The highest BCUT2D eigenvalue weighted by atomic mass is 19.4. The monoisotopic (exact) mass is 235 g/mol. The highest BCUT2D eigenvalue weighted by Gasteiger charge is 2.34. The second-order valence-electron chi connectivity index (χ2n) is 3.54. The van der Waals surface area contributed by atoms with Crippen LogP contribution in [-0.4, -0.2) is 19.2 Å². The first-order valence-corrected chi connectivity index (χ1v) is 4.71. The van der Waals surface area contributed by atoms with E-state index >= 15 is 0 Å². The number of hydrogen-bond donors (Lipinski definition) is 1. The van der Waals surface area contributed by atoms with Crippen LogP contribution in [0.25, 0.3) is 0 Å². The van der Waals surface area contributed by atoms with E-state index in [9.17, 15) is 17.6 Å². The molecule has 0 spiro atoms. The molecule has 1 aromatic carbocycles. The van der Waals surface area contributed by atoms with Crippen molar-refractivity contribution < 1.29 is 22.3 Å². The Kier molecular flexibility index (Phi) is 2.75. The quantitative estimate of drug-likeness (QED) is 0.793. The Balaban J connectivity index is 2.15. The van der Waals surface area contributed by atoms with Crippen molar-refractivity contribution in [2.45, 2.75) is 12.3 Å². The minimum Gasteiger partial charge on any atom is -0.488 e. The molecule has 1 N–H and O–H groups in total. The van der Waals surface area contributed by atoms with E-state index in [0.717, 1.165) is 12.1 Å². The average molecular weight is 235 g/mol. The van der Waals surface area contributed by atoms with E-state index in [4.69, 9.17) is 4.74 Å². The first-order chi connectivity index (χ1) is 7.47. The number of hydrogen-bond acceptors (Lipinski definition) is 2. The molecule has 1 fully saturated rings. The van der Waals surface area contributed by atoms with E-state index in [1.807, 2.05) is 0 Å². The van der Waals surface area contributed by atoms with Crippen LogP contribution in [0.3, 0.4) is 0 Å². The zero-order valence-electron chi connectivity index (χ0n) is 8.14. The summed E-state index contributed by atoms with van der Waals surface area (Å²) in [6.45, 7) is 1.26. The molecule has 2 rings (SSSR count). The summed E-state index contributed by atoms with van der Waals surface area (Å²) in [7, 11) is 0. The van der Waals surface area contributed by atoms with E-state index in [0.29, 0.717) is 19.2 Å². The lowest BCUT2D eigenvalue weighted by Crippen LogP contribution is -2.50. The molecular weight excluding hydrogens is 226 g/mol. The number of ether oxygens (including phenoxy) is 1. The fourth-order valence-electron chi connectivity index (χ4n) is 1.34. The molecule has 6 heteroatoms. The van der Waals surface area contributed by atoms with Crippen molar-refractivity contribution in [2.24, 2.45) is 0 Å². The minimum absolute atomic E-state index is 0.0869. The van der Waals surface area contributed by atoms with Crippen molar-refractivity contribution >= 4 is 0 Å². The van der Waals surface area contributed by atoms with Gasteiger partial charge in [0.2, 0.25) is 0 Å². The van der Waals surface area contributed by atoms with Gasteiger partial charge in [0.05, 0.1) is 5.56 Å². The summed E-state index contributed by atoms with van der Waals surface area (Å²) >= 11 is 0. The number of rotatable bonds is 2. The van der Waals surface area contributed by atoms with E-state index < -0.39 is 17.6 Å². The molecule has 1 saturated heterocycles. The van der Waals surface area contributed by atoms with Crippen LogP contribution in [0.2, 0.25) is 0 Å². The smallest absolute Gasteiger partial charge is 0.419 e. The van der Waals surface area contributed by atoms with Gasteiger partial charge in [0, 0.05) is 19.2 Å². The van der Waals surface area contributed by atoms with Gasteiger partial charge >= 0.3 is 6.18 Å². The van der Waals surface area contributed by atoms with E-state index in [1.165, 1.54) is 0 Å². The standard InChI is InChI=1S/C10H9F4NO/c11-9-3-6(16-7-4-15-5-7)1-2-8(9)10(12,13)14/h1-3,7,15H,4-5H2. The van der Waals surface area contributed by atoms with E-state index in [-0.39, 0.29) is 11.9 Å².